The summed E-state index contributed by atoms with van der Waals surface area (Å²) in [6, 6.07) is 0. The minimum Gasteiger partial charge on any atom is -0.315 e. The molecule has 1 rings (SSSR count). The minimum absolute atomic E-state index is 0.170. The van der Waals surface area contributed by atoms with Crippen molar-refractivity contribution < 1.29 is 14.8 Å². The van der Waals surface area contributed by atoms with Crippen LogP contribution < -0.4 is 5.48 Å². The number of hydrogen-bond acceptors (Lipinski definition) is 4. The summed E-state index contributed by atoms with van der Waals surface area (Å²) in [4.78, 5) is 26.2. The molecule has 6 heteroatoms. The van der Waals surface area contributed by atoms with Gasteiger partial charge in [-0.1, -0.05) is 13.5 Å². The number of carbonyl (C=O) groups is 2. The van der Waals surface area contributed by atoms with Crippen LogP contribution in [0, 0.1) is 0 Å². The molecular formula is C9H15N3O3. The fourth-order valence-electron chi connectivity index (χ4n) is 1.60. The molecule has 2 N–H and O–H groups in total. The fourth-order valence-corrected chi connectivity index (χ4v) is 1.60. The molecule has 1 saturated heterocycles. The van der Waals surface area contributed by atoms with E-state index in [0.29, 0.717) is 5.82 Å². The second-order valence-corrected chi connectivity index (χ2v) is 3.52. The summed E-state index contributed by atoms with van der Waals surface area (Å²) in [6.45, 7) is 5.26. The maximum atomic E-state index is 11.9. The lowest BCUT2D eigenvalue weighted by atomic mass is 9.91. The van der Waals surface area contributed by atoms with E-state index in [1.807, 2.05) is 5.48 Å². The number of likely N-dealkylation sites (N-methyl/N-ethyl adjacent to an activating group) is 2. The highest BCUT2D eigenvalue weighted by molar-refractivity contribution is 6.12. The first-order valence-corrected chi connectivity index (χ1v) is 4.58. The molecule has 0 saturated carbocycles. The zero-order valence-electron chi connectivity index (χ0n) is 9.07. The summed E-state index contributed by atoms with van der Waals surface area (Å²) >= 11 is 0. The van der Waals surface area contributed by atoms with Crippen molar-refractivity contribution >= 4 is 11.8 Å². The number of rotatable bonds is 2. The third kappa shape index (κ3) is 1.33. The molecule has 0 aromatic carbocycles. The van der Waals surface area contributed by atoms with E-state index in [9.17, 15) is 9.59 Å². The molecule has 1 fully saturated rings. The van der Waals surface area contributed by atoms with Crippen LogP contribution in [-0.4, -0.2) is 46.5 Å². The molecule has 0 atom stereocenters. The number of nitrogens with zero attached hydrogens (tertiary/aromatic N) is 2. The van der Waals surface area contributed by atoms with Crippen LogP contribution in [0.15, 0.2) is 12.4 Å². The monoisotopic (exact) mass is 213 g/mol. The SMILES string of the molecule is C=C1N(C)C(=O)C(CC)(NO)C(=O)N1C. The van der Waals surface area contributed by atoms with Gasteiger partial charge in [0.2, 0.25) is 0 Å². The van der Waals surface area contributed by atoms with Gasteiger partial charge in [-0.25, -0.2) is 0 Å². The zero-order chi connectivity index (χ0) is 11.8. The van der Waals surface area contributed by atoms with Gasteiger partial charge in [0.25, 0.3) is 11.8 Å². The summed E-state index contributed by atoms with van der Waals surface area (Å²) < 4.78 is 0. The van der Waals surface area contributed by atoms with Crippen LogP contribution in [-0.2, 0) is 9.59 Å². The smallest absolute Gasteiger partial charge is 0.260 e. The average Bonchev–Trinajstić information content (AvgIpc) is 2.26. The van der Waals surface area contributed by atoms with Crippen LogP contribution in [0.2, 0.25) is 0 Å². The van der Waals surface area contributed by atoms with Crippen molar-refractivity contribution in [3.05, 3.63) is 12.4 Å². The molecule has 0 spiro atoms. The third-order valence-corrected chi connectivity index (χ3v) is 2.83. The number of hydroxylamine groups is 1. The molecule has 0 aromatic rings. The molecule has 0 radical (unpaired) electrons. The Morgan fingerprint density at radius 1 is 1.33 bits per heavy atom. The quantitative estimate of drug-likeness (QED) is 0.480. The van der Waals surface area contributed by atoms with Gasteiger partial charge in [-0.2, -0.15) is 5.48 Å². The summed E-state index contributed by atoms with van der Waals surface area (Å²) in [6.07, 6.45) is 0.170. The van der Waals surface area contributed by atoms with E-state index < -0.39 is 17.4 Å². The first-order chi connectivity index (χ1) is 6.92. The van der Waals surface area contributed by atoms with Gasteiger partial charge < -0.3 is 5.21 Å². The molecule has 2 amide bonds. The van der Waals surface area contributed by atoms with Crippen LogP contribution in [0.1, 0.15) is 13.3 Å². The number of amides is 2. The Bertz CT molecular complexity index is 297. The molecule has 0 aliphatic carbocycles. The van der Waals surface area contributed by atoms with Gasteiger partial charge >= 0.3 is 0 Å². The molecule has 1 heterocycles. The molecule has 15 heavy (non-hydrogen) atoms. The first-order valence-electron chi connectivity index (χ1n) is 4.58. The largest absolute Gasteiger partial charge is 0.315 e. The molecular weight excluding hydrogens is 198 g/mol. The minimum atomic E-state index is -1.58. The molecule has 0 aromatic heterocycles. The highest BCUT2D eigenvalue weighted by Gasteiger charge is 2.52. The molecule has 0 bridgehead atoms. The summed E-state index contributed by atoms with van der Waals surface area (Å²) in [5, 5.41) is 9.03. The van der Waals surface area contributed by atoms with Gasteiger partial charge in [0.05, 0.1) is 0 Å². The number of nitrogens with one attached hydrogen (secondary N) is 1. The average molecular weight is 213 g/mol. The normalized spacial score (nSPS) is 21.2. The van der Waals surface area contributed by atoms with Crippen LogP contribution >= 0.6 is 0 Å². The van der Waals surface area contributed by atoms with Crippen LogP contribution in [0.25, 0.3) is 0 Å². The Balaban J connectivity index is 3.23. The first kappa shape index (κ1) is 11.7. The predicted molar refractivity (Wildman–Crippen MR) is 52.6 cm³/mol. The standard InChI is InChI=1S/C9H15N3O3/c1-5-9(10-15)7(13)11(3)6(2)12(4)8(9)14/h10,15H,2,5H2,1,3-4H3. The highest BCUT2D eigenvalue weighted by atomic mass is 16.5. The van der Waals surface area contributed by atoms with Crippen molar-refractivity contribution in [2.45, 2.75) is 18.9 Å². The number of hydrogen-bond donors (Lipinski definition) is 2. The Hall–Kier alpha value is -1.40. The molecule has 1 aliphatic rings. The molecule has 1 aliphatic heterocycles. The maximum Gasteiger partial charge on any atom is 0.260 e. The van der Waals surface area contributed by atoms with E-state index in [1.165, 1.54) is 23.9 Å². The van der Waals surface area contributed by atoms with E-state index in [0.717, 1.165) is 0 Å². The van der Waals surface area contributed by atoms with Crippen LogP contribution in [0.5, 0.6) is 0 Å². The van der Waals surface area contributed by atoms with Gasteiger partial charge in [-0.3, -0.25) is 19.4 Å². The van der Waals surface area contributed by atoms with Crippen molar-refractivity contribution in [1.82, 2.24) is 15.3 Å². The van der Waals surface area contributed by atoms with Crippen molar-refractivity contribution in [3.8, 4) is 0 Å². The van der Waals surface area contributed by atoms with Gasteiger partial charge in [-0.05, 0) is 6.42 Å². The maximum absolute atomic E-state index is 11.9. The Morgan fingerprint density at radius 3 is 2.00 bits per heavy atom. The van der Waals surface area contributed by atoms with Gasteiger partial charge in [-0.15, -0.1) is 0 Å². The summed E-state index contributed by atoms with van der Waals surface area (Å²) in [5.41, 5.74) is 0.246. The fraction of sp³-hybridized carbons (Fsp3) is 0.556. The van der Waals surface area contributed by atoms with Crippen LogP contribution in [0.4, 0.5) is 0 Å². The predicted octanol–water partition coefficient (Wildman–Crippen LogP) is -0.484. The van der Waals surface area contributed by atoms with Crippen molar-refractivity contribution in [3.63, 3.8) is 0 Å². The molecule has 0 unspecified atom stereocenters. The third-order valence-electron chi connectivity index (χ3n) is 2.83. The van der Waals surface area contributed by atoms with E-state index in [4.69, 9.17) is 5.21 Å². The molecule has 6 nitrogen and oxygen atoms in total. The lowest BCUT2D eigenvalue weighted by molar-refractivity contribution is -0.161. The van der Waals surface area contributed by atoms with Gasteiger partial charge in [0.15, 0.2) is 5.54 Å². The van der Waals surface area contributed by atoms with Gasteiger partial charge in [0, 0.05) is 14.1 Å². The Kier molecular flexibility index (Phi) is 2.83. The van der Waals surface area contributed by atoms with Crippen LogP contribution in [0.3, 0.4) is 0 Å². The lowest BCUT2D eigenvalue weighted by Gasteiger charge is -2.42. The second-order valence-electron chi connectivity index (χ2n) is 3.52. The summed E-state index contributed by atoms with van der Waals surface area (Å²) in [7, 11) is 3.02. The van der Waals surface area contributed by atoms with E-state index in [1.54, 1.807) is 6.92 Å². The van der Waals surface area contributed by atoms with Gasteiger partial charge in [0.1, 0.15) is 5.82 Å². The van der Waals surface area contributed by atoms with E-state index in [-0.39, 0.29) is 6.42 Å². The molecule has 84 valence electrons. The number of carbonyl (C=O) groups excluding carboxylic acids is 2. The van der Waals surface area contributed by atoms with Crippen molar-refractivity contribution in [2.75, 3.05) is 14.1 Å². The Labute approximate surface area is 88.1 Å². The second kappa shape index (κ2) is 3.63. The zero-order valence-corrected chi connectivity index (χ0v) is 9.07. The highest BCUT2D eigenvalue weighted by Crippen LogP contribution is 2.25. The lowest BCUT2D eigenvalue weighted by Crippen LogP contribution is -2.69. The van der Waals surface area contributed by atoms with E-state index >= 15 is 0 Å². The Morgan fingerprint density at radius 2 is 1.73 bits per heavy atom. The topological polar surface area (TPSA) is 72.9 Å². The summed E-state index contributed by atoms with van der Waals surface area (Å²) in [5.74, 6) is -0.703. The van der Waals surface area contributed by atoms with E-state index in [2.05, 4.69) is 6.58 Å². The van der Waals surface area contributed by atoms with Crippen molar-refractivity contribution in [2.24, 2.45) is 0 Å². The van der Waals surface area contributed by atoms with Crippen molar-refractivity contribution in [1.29, 1.82) is 0 Å².